The molecule has 0 spiro atoms. The van der Waals surface area contributed by atoms with Gasteiger partial charge in [0.15, 0.2) is 0 Å². The monoisotopic (exact) mass is 214 g/mol. The zero-order valence-electron chi connectivity index (χ0n) is 10.5. The van der Waals surface area contributed by atoms with Crippen LogP contribution in [0.4, 0.5) is 0 Å². The molecular formula is C13H26O2. The predicted molar refractivity (Wildman–Crippen MR) is 62.6 cm³/mol. The highest BCUT2D eigenvalue weighted by molar-refractivity contribution is 4.90. The molecule has 2 nitrogen and oxygen atoms in total. The van der Waals surface area contributed by atoms with E-state index in [1.807, 2.05) is 6.92 Å². The third-order valence-electron chi connectivity index (χ3n) is 3.99. The molecule has 4 atom stereocenters. The van der Waals surface area contributed by atoms with Crippen LogP contribution < -0.4 is 0 Å². The summed E-state index contributed by atoms with van der Waals surface area (Å²) in [5.41, 5.74) is 0.214. The normalized spacial score (nSPS) is 37.6. The fourth-order valence-corrected chi connectivity index (χ4v) is 3.30. The van der Waals surface area contributed by atoms with Crippen molar-refractivity contribution in [3.05, 3.63) is 0 Å². The van der Waals surface area contributed by atoms with E-state index >= 15 is 0 Å². The Morgan fingerprint density at radius 3 is 2.47 bits per heavy atom. The molecule has 0 heterocycles. The summed E-state index contributed by atoms with van der Waals surface area (Å²) in [6.45, 7) is 8.59. The summed E-state index contributed by atoms with van der Waals surface area (Å²) in [6, 6.07) is 0. The Labute approximate surface area is 93.7 Å². The maximum atomic E-state index is 9.76. The fourth-order valence-electron chi connectivity index (χ4n) is 3.30. The first-order valence-corrected chi connectivity index (χ1v) is 6.19. The van der Waals surface area contributed by atoms with E-state index in [-0.39, 0.29) is 17.6 Å². The summed E-state index contributed by atoms with van der Waals surface area (Å²) in [4.78, 5) is 0. The number of hydrogen-bond donors (Lipinski definition) is 2. The van der Waals surface area contributed by atoms with Gasteiger partial charge >= 0.3 is 0 Å². The zero-order chi connectivity index (χ0) is 11.6. The van der Waals surface area contributed by atoms with Crippen LogP contribution in [-0.2, 0) is 0 Å². The molecule has 2 N–H and O–H groups in total. The number of hydrogen-bond acceptors (Lipinski definition) is 2. The molecule has 0 aromatic carbocycles. The second-order valence-electron chi connectivity index (χ2n) is 6.09. The van der Waals surface area contributed by atoms with Gasteiger partial charge < -0.3 is 10.2 Å². The lowest BCUT2D eigenvalue weighted by Crippen LogP contribution is -2.40. The third-order valence-corrected chi connectivity index (χ3v) is 3.99. The minimum Gasteiger partial charge on any atom is -0.393 e. The molecule has 1 aliphatic rings. The van der Waals surface area contributed by atoms with Crippen molar-refractivity contribution in [1.29, 1.82) is 0 Å². The van der Waals surface area contributed by atoms with Crippen LogP contribution in [-0.4, -0.2) is 22.4 Å². The fraction of sp³-hybridized carbons (Fsp3) is 1.00. The average Bonchev–Trinajstić information content (AvgIpc) is 1.98. The van der Waals surface area contributed by atoms with Crippen molar-refractivity contribution < 1.29 is 10.2 Å². The molecule has 0 unspecified atom stereocenters. The van der Waals surface area contributed by atoms with Gasteiger partial charge in [-0.15, -0.1) is 0 Å². The van der Waals surface area contributed by atoms with Gasteiger partial charge in [-0.2, -0.15) is 0 Å². The minimum absolute atomic E-state index is 0.127. The van der Waals surface area contributed by atoms with Crippen LogP contribution in [0.15, 0.2) is 0 Å². The van der Waals surface area contributed by atoms with Gasteiger partial charge in [-0.25, -0.2) is 0 Å². The average molecular weight is 214 g/mol. The molecule has 0 radical (unpaired) electrons. The molecule has 15 heavy (non-hydrogen) atoms. The smallest absolute Gasteiger partial charge is 0.0548 e. The summed E-state index contributed by atoms with van der Waals surface area (Å²) < 4.78 is 0. The number of rotatable bonds is 3. The minimum atomic E-state index is -0.195. The van der Waals surface area contributed by atoms with Gasteiger partial charge in [-0.1, -0.05) is 20.8 Å². The van der Waals surface area contributed by atoms with Crippen LogP contribution in [0.3, 0.4) is 0 Å². The third kappa shape index (κ3) is 3.46. The summed E-state index contributed by atoms with van der Waals surface area (Å²) in [7, 11) is 0. The van der Waals surface area contributed by atoms with Crippen molar-refractivity contribution in [1.82, 2.24) is 0 Å². The van der Waals surface area contributed by atoms with Crippen molar-refractivity contribution in [3.63, 3.8) is 0 Å². The van der Waals surface area contributed by atoms with E-state index in [0.717, 1.165) is 25.7 Å². The van der Waals surface area contributed by atoms with E-state index in [0.29, 0.717) is 11.8 Å². The van der Waals surface area contributed by atoms with E-state index in [2.05, 4.69) is 20.8 Å². The molecule has 1 saturated carbocycles. The maximum absolute atomic E-state index is 9.76. The molecule has 0 bridgehead atoms. The summed E-state index contributed by atoms with van der Waals surface area (Å²) >= 11 is 0. The van der Waals surface area contributed by atoms with Gasteiger partial charge in [0, 0.05) is 0 Å². The Kier molecular flexibility index (Phi) is 4.19. The quantitative estimate of drug-likeness (QED) is 0.758. The van der Waals surface area contributed by atoms with E-state index in [1.165, 1.54) is 0 Å². The summed E-state index contributed by atoms with van der Waals surface area (Å²) in [5, 5.41) is 19.1. The molecular weight excluding hydrogens is 188 g/mol. The second kappa shape index (κ2) is 4.84. The molecule has 0 saturated heterocycles. The highest BCUT2D eigenvalue weighted by atomic mass is 16.3. The Bertz CT molecular complexity index is 199. The molecule has 90 valence electrons. The number of aliphatic hydroxyl groups excluding tert-OH is 2. The van der Waals surface area contributed by atoms with Gasteiger partial charge in [0.1, 0.15) is 0 Å². The van der Waals surface area contributed by atoms with Crippen molar-refractivity contribution >= 4 is 0 Å². The van der Waals surface area contributed by atoms with Crippen LogP contribution in [0.25, 0.3) is 0 Å². The molecule has 0 aromatic heterocycles. The van der Waals surface area contributed by atoms with Crippen molar-refractivity contribution in [2.45, 2.75) is 65.6 Å². The van der Waals surface area contributed by atoms with E-state index < -0.39 is 0 Å². The molecule has 0 aliphatic heterocycles. The predicted octanol–water partition coefficient (Wildman–Crippen LogP) is 2.58. The molecule has 1 aliphatic carbocycles. The first kappa shape index (κ1) is 13.0. The van der Waals surface area contributed by atoms with Crippen molar-refractivity contribution in [2.75, 3.05) is 0 Å². The van der Waals surface area contributed by atoms with Gasteiger partial charge in [-0.05, 0) is 49.9 Å². The van der Waals surface area contributed by atoms with Gasteiger partial charge in [0.05, 0.1) is 12.2 Å². The lowest BCUT2D eigenvalue weighted by atomic mass is 9.61. The SMILES string of the molecule is C[C@@H](O)CC[C@@H]1[C@@H](C)C[C@H](O)CC1(C)C. The first-order chi connectivity index (χ1) is 6.83. The maximum Gasteiger partial charge on any atom is 0.0548 e. The standard InChI is InChI=1S/C13H26O2/c1-9-7-11(15)8-13(3,4)12(9)6-5-10(2)14/h9-12,14-15H,5-8H2,1-4H3/t9-,10+,11-,12+/m0/s1. The van der Waals surface area contributed by atoms with Crippen LogP contribution in [0.1, 0.15) is 53.4 Å². The lowest BCUT2D eigenvalue weighted by molar-refractivity contribution is -0.0197. The summed E-state index contributed by atoms with van der Waals surface area (Å²) in [6.07, 6.45) is 3.47. The van der Waals surface area contributed by atoms with E-state index in [1.54, 1.807) is 0 Å². The Morgan fingerprint density at radius 2 is 2.00 bits per heavy atom. The van der Waals surface area contributed by atoms with Crippen LogP contribution in [0.2, 0.25) is 0 Å². The Balaban J connectivity index is 2.59. The Morgan fingerprint density at radius 1 is 1.40 bits per heavy atom. The largest absolute Gasteiger partial charge is 0.393 e. The topological polar surface area (TPSA) is 40.5 Å². The van der Waals surface area contributed by atoms with Gasteiger partial charge in [0.25, 0.3) is 0 Å². The van der Waals surface area contributed by atoms with Gasteiger partial charge in [-0.3, -0.25) is 0 Å². The first-order valence-electron chi connectivity index (χ1n) is 6.19. The molecule has 0 aromatic rings. The van der Waals surface area contributed by atoms with Crippen LogP contribution in [0, 0.1) is 17.3 Å². The Hall–Kier alpha value is -0.0800. The molecule has 1 rings (SSSR count). The summed E-state index contributed by atoms with van der Waals surface area (Å²) in [5.74, 6) is 1.21. The zero-order valence-corrected chi connectivity index (χ0v) is 10.5. The highest BCUT2D eigenvalue weighted by Crippen LogP contribution is 2.46. The highest BCUT2D eigenvalue weighted by Gasteiger charge is 2.39. The number of aliphatic hydroxyl groups is 2. The van der Waals surface area contributed by atoms with E-state index in [4.69, 9.17) is 0 Å². The molecule has 1 fully saturated rings. The second-order valence-corrected chi connectivity index (χ2v) is 6.09. The van der Waals surface area contributed by atoms with Crippen LogP contribution in [0.5, 0.6) is 0 Å². The van der Waals surface area contributed by atoms with Gasteiger partial charge in [0.2, 0.25) is 0 Å². The van der Waals surface area contributed by atoms with E-state index in [9.17, 15) is 10.2 Å². The molecule has 0 amide bonds. The van der Waals surface area contributed by atoms with Crippen LogP contribution >= 0.6 is 0 Å². The molecule has 2 heteroatoms. The lowest BCUT2D eigenvalue weighted by Gasteiger charge is -2.45. The van der Waals surface area contributed by atoms with Crippen molar-refractivity contribution in [2.24, 2.45) is 17.3 Å². The van der Waals surface area contributed by atoms with Crippen molar-refractivity contribution in [3.8, 4) is 0 Å².